The van der Waals surface area contributed by atoms with Crippen molar-refractivity contribution in [2.45, 2.75) is 33.2 Å². The first kappa shape index (κ1) is 17.2. The van der Waals surface area contributed by atoms with E-state index in [0.29, 0.717) is 6.42 Å². The molecule has 2 aromatic carbocycles. The highest BCUT2D eigenvalue weighted by Gasteiger charge is 2.33. The van der Waals surface area contributed by atoms with Crippen molar-refractivity contribution in [1.82, 2.24) is 4.90 Å². The summed E-state index contributed by atoms with van der Waals surface area (Å²) in [6.45, 7) is 6.13. The Balaban J connectivity index is 2.15. The maximum atomic E-state index is 12.9. The Morgan fingerprint density at radius 3 is 2.60 bits per heavy atom. The Labute approximate surface area is 148 Å². The van der Waals surface area contributed by atoms with Gasteiger partial charge in [-0.25, -0.2) is 0 Å². The van der Waals surface area contributed by atoms with Gasteiger partial charge in [-0.15, -0.1) is 0 Å². The highest BCUT2D eigenvalue weighted by molar-refractivity contribution is 5.97. The van der Waals surface area contributed by atoms with Crippen LogP contribution in [-0.2, 0) is 9.59 Å². The molecule has 1 N–H and O–H groups in total. The molecule has 0 bridgehead atoms. The van der Waals surface area contributed by atoms with Crippen molar-refractivity contribution in [2.24, 2.45) is 5.92 Å². The predicted molar refractivity (Wildman–Crippen MR) is 99.3 cm³/mol. The van der Waals surface area contributed by atoms with E-state index in [1.165, 1.54) is 0 Å². The predicted octanol–water partition coefficient (Wildman–Crippen LogP) is 3.91. The lowest BCUT2D eigenvalue weighted by atomic mass is 9.94. The van der Waals surface area contributed by atoms with Gasteiger partial charge < -0.3 is 10.2 Å². The van der Waals surface area contributed by atoms with E-state index in [1.54, 1.807) is 4.90 Å². The molecular formula is C21H24N2O2. The summed E-state index contributed by atoms with van der Waals surface area (Å²) in [6.07, 6.45) is 0.428. The average molecular weight is 336 g/mol. The molecule has 3 rings (SSSR count). The number of aryl methyl sites for hydroxylation is 1. The van der Waals surface area contributed by atoms with Gasteiger partial charge in [0.25, 0.3) is 0 Å². The van der Waals surface area contributed by atoms with Gasteiger partial charge in [0.1, 0.15) is 6.54 Å². The van der Waals surface area contributed by atoms with Gasteiger partial charge in [-0.3, -0.25) is 9.59 Å². The standard InChI is InChI=1S/C21H24N2O2/c1-14(2)11-20(25)23-13-19(24)22-18-10-9-15(3)12-17(18)21(23)16-7-5-4-6-8-16/h4-10,12,14,21H,11,13H2,1-3H3,(H,22,24)/t21-/m1/s1. The van der Waals surface area contributed by atoms with Crippen molar-refractivity contribution < 1.29 is 9.59 Å². The molecule has 1 heterocycles. The Morgan fingerprint density at radius 2 is 1.92 bits per heavy atom. The number of rotatable bonds is 3. The van der Waals surface area contributed by atoms with Crippen molar-refractivity contribution in [3.8, 4) is 0 Å². The zero-order valence-corrected chi connectivity index (χ0v) is 15.0. The highest BCUT2D eigenvalue weighted by Crippen LogP contribution is 2.36. The van der Waals surface area contributed by atoms with Gasteiger partial charge in [0.05, 0.1) is 6.04 Å². The second-order valence-corrected chi connectivity index (χ2v) is 7.07. The number of nitrogens with one attached hydrogen (secondary N) is 1. The summed E-state index contributed by atoms with van der Waals surface area (Å²) >= 11 is 0. The number of nitrogens with zero attached hydrogens (tertiary/aromatic N) is 1. The average Bonchev–Trinajstić information content (AvgIpc) is 2.71. The first-order chi connectivity index (χ1) is 12.0. The van der Waals surface area contributed by atoms with Gasteiger partial charge in [-0.1, -0.05) is 61.9 Å². The van der Waals surface area contributed by atoms with E-state index < -0.39 is 0 Å². The van der Waals surface area contributed by atoms with Gasteiger partial charge in [0.15, 0.2) is 0 Å². The number of hydrogen-bond acceptors (Lipinski definition) is 2. The summed E-state index contributed by atoms with van der Waals surface area (Å²) in [4.78, 5) is 27.1. The van der Waals surface area contributed by atoms with E-state index in [1.807, 2.05) is 63.2 Å². The Hall–Kier alpha value is -2.62. The van der Waals surface area contributed by atoms with Crippen LogP contribution in [0.25, 0.3) is 0 Å². The van der Waals surface area contributed by atoms with E-state index in [-0.39, 0.29) is 30.3 Å². The molecule has 0 aliphatic carbocycles. The second kappa shape index (κ2) is 7.09. The molecule has 0 saturated carbocycles. The van der Waals surface area contributed by atoms with Gasteiger partial charge in [-0.05, 0) is 24.5 Å². The fraction of sp³-hybridized carbons (Fsp3) is 0.333. The Kier molecular flexibility index (Phi) is 4.88. The zero-order chi connectivity index (χ0) is 18.0. The molecule has 0 saturated heterocycles. The molecule has 0 unspecified atom stereocenters. The van der Waals surface area contributed by atoms with Crippen molar-refractivity contribution in [1.29, 1.82) is 0 Å². The molecule has 2 amide bonds. The van der Waals surface area contributed by atoms with Gasteiger partial charge in [-0.2, -0.15) is 0 Å². The van der Waals surface area contributed by atoms with Crippen LogP contribution in [0.15, 0.2) is 48.5 Å². The summed E-state index contributed by atoms with van der Waals surface area (Å²) in [5.41, 5.74) is 3.87. The molecule has 1 aliphatic heterocycles. The zero-order valence-electron chi connectivity index (χ0n) is 15.0. The number of carbonyl (C=O) groups excluding carboxylic acids is 2. The van der Waals surface area contributed by atoms with Crippen LogP contribution in [0, 0.1) is 12.8 Å². The second-order valence-electron chi connectivity index (χ2n) is 7.07. The third-order valence-corrected chi connectivity index (χ3v) is 4.42. The summed E-state index contributed by atoms with van der Waals surface area (Å²) < 4.78 is 0. The molecule has 0 aromatic heterocycles. The Bertz CT molecular complexity index is 784. The molecule has 0 fully saturated rings. The lowest BCUT2D eigenvalue weighted by molar-refractivity contribution is -0.136. The van der Waals surface area contributed by atoms with Crippen molar-refractivity contribution >= 4 is 17.5 Å². The summed E-state index contributed by atoms with van der Waals surface area (Å²) in [7, 11) is 0. The van der Waals surface area contributed by atoms with Crippen LogP contribution in [0.5, 0.6) is 0 Å². The first-order valence-electron chi connectivity index (χ1n) is 8.70. The molecule has 4 heteroatoms. The molecule has 1 atom stereocenters. The van der Waals surface area contributed by atoms with E-state index in [4.69, 9.17) is 0 Å². The number of amides is 2. The maximum Gasteiger partial charge on any atom is 0.244 e. The minimum atomic E-state index is -0.263. The lowest BCUT2D eigenvalue weighted by Crippen LogP contribution is -2.39. The van der Waals surface area contributed by atoms with Crippen LogP contribution in [-0.4, -0.2) is 23.3 Å². The summed E-state index contributed by atoms with van der Waals surface area (Å²) in [5.74, 6) is 0.0983. The number of anilines is 1. The van der Waals surface area contributed by atoms with Crippen LogP contribution >= 0.6 is 0 Å². The minimum Gasteiger partial charge on any atom is -0.324 e. The van der Waals surface area contributed by atoms with Crippen molar-refractivity contribution in [3.05, 3.63) is 65.2 Å². The van der Waals surface area contributed by atoms with Crippen LogP contribution in [0.1, 0.15) is 43.0 Å². The quantitative estimate of drug-likeness (QED) is 0.924. The molecule has 130 valence electrons. The Morgan fingerprint density at radius 1 is 1.20 bits per heavy atom. The van der Waals surface area contributed by atoms with Gasteiger partial charge >= 0.3 is 0 Å². The maximum absolute atomic E-state index is 12.9. The highest BCUT2D eigenvalue weighted by atomic mass is 16.2. The normalized spacial score (nSPS) is 17.0. The van der Waals surface area contributed by atoms with Crippen molar-refractivity contribution in [2.75, 3.05) is 11.9 Å². The topological polar surface area (TPSA) is 49.4 Å². The van der Waals surface area contributed by atoms with E-state index >= 15 is 0 Å². The fourth-order valence-corrected chi connectivity index (χ4v) is 3.32. The third-order valence-electron chi connectivity index (χ3n) is 4.42. The van der Waals surface area contributed by atoms with E-state index in [0.717, 1.165) is 22.4 Å². The number of fused-ring (bicyclic) bond motifs is 1. The third kappa shape index (κ3) is 3.73. The molecule has 2 aromatic rings. The molecule has 1 aliphatic rings. The minimum absolute atomic E-state index is 0.00774. The molecule has 0 radical (unpaired) electrons. The summed E-state index contributed by atoms with van der Waals surface area (Å²) in [6, 6.07) is 15.6. The van der Waals surface area contributed by atoms with Crippen LogP contribution in [0.4, 0.5) is 5.69 Å². The number of hydrogen-bond donors (Lipinski definition) is 1. The van der Waals surface area contributed by atoms with Gasteiger partial charge in [0.2, 0.25) is 11.8 Å². The summed E-state index contributed by atoms with van der Waals surface area (Å²) in [5, 5.41) is 2.95. The van der Waals surface area contributed by atoms with E-state index in [2.05, 4.69) is 11.4 Å². The molecule has 4 nitrogen and oxygen atoms in total. The SMILES string of the molecule is Cc1ccc2c(c1)[C@@H](c1ccccc1)N(C(=O)CC(C)C)CC(=O)N2. The smallest absolute Gasteiger partial charge is 0.244 e. The van der Waals surface area contributed by atoms with Crippen LogP contribution < -0.4 is 5.32 Å². The number of benzene rings is 2. The van der Waals surface area contributed by atoms with Crippen LogP contribution in [0.2, 0.25) is 0 Å². The monoisotopic (exact) mass is 336 g/mol. The molecule has 25 heavy (non-hydrogen) atoms. The lowest BCUT2D eigenvalue weighted by Gasteiger charge is -2.31. The largest absolute Gasteiger partial charge is 0.324 e. The van der Waals surface area contributed by atoms with Crippen LogP contribution in [0.3, 0.4) is 0 Å². The van der Waals surface area contributed by atoms with E-state index in [9.17, 15) is 9.59 Å². The first-order valence-corrected chi connectivity index (χ1v) is 8.70. The van der Waals surface area contributed by atoms with Crippen molar-refractivity contribution in [3.63, 3.8) is 0 Å². The number of carbonyl (C=O) groups is 2. The molecule has 0 spiro atoms. The molecular weight excluding hydrogens is 312 g/mol. The fourth-order valence-electron chi connectivity index (χ4n) is 3.32. The van der Waals surface area contributed by atoms with Gasteiger partial charge in [0, 0.05) is 17.7 Å².